The van der Waals surface area contributed by atoms with Crippen molar-refractivity contribution in [2.75, 3.05) is 7.11 Å². The zero-order chi connectivity index (χ0) is 24.9. The van der Waals surface area contributed by atoms with Gasteiger partial charge in [-0.3, -0.25) is 9.59 Å². The van der Waals surface area contributed by atoms with Crippen LogP contribution in [0.5, 0.6) is 0 Å². The Morgan fingerprint density at radius 1 is 1.03 bits per heavy atom. The fourth-order valence-corrected chi connectivity index (χ4v) is 4.71. The Labute approximate surface area is 206 Å². The van der Waals surface area contributed by atoms with Gasteiger partial charge in [0, 0.05) is 11.6 Å². The minimum absolute atomic E-state index is 0.0276. The van der Waals surface area contributed by atoms with Crippen LogP contribution in [0.15, 0.2) is 69.9 Å². The maximum Gasteiger partial charge on any atom is 0.337 e. The summed E-state index contributed by atoms with van der Waals surface area (Å²) in [4.78, 5) is 40.9. The Kier molecular flexibility index (Phi) is 5.69. The number of carbonyl (C=O) groups is 2. The third-order valence-corrected chi connectivity index (χ3v) is 6.90. The van der Waals surface area contributed by atoms with Crippen molar-refractivity contribution >= 4 is 34.4 Å². The summed E-state index contributed by atoms with van der Waals surface area (Å²) in [7, 11) is 1.31. The molecule has 0 N–H and O–H groups in total. The first-order valence-electron chi connectivity index (χ1n) is 11.1. The van der Waals surface area contributed by atoms with Crippen LogP contribution in [0.4, 0.5) is 0 Å². The van der Waals surface area contributed by atoms with Gasteiger partial charge in [-0.25, -0.2) is 4.79 Å². The van der Waals surface area contributed by atoms with Crippen LogP contribution < -0.4 is 5.43 Å². The third-order valence-electron chi connectivity index (χ3n) is 6.53. The highest BCUT2D eigenvalue weighted by Crippen LogP contribution is 2.40. The van der Waals surface area contributed by atoms with Crippen molar-refractivity contribution in [2.24, 2.45) is 0 Å². The Hall–Kier alpha value is -3.90. The second kappa shape index (κ2) is 8.71. The summed E-state index contributed by atoms with van der Waals surface area (Å²) in [5, 5.41) is 0.946. The highest BCUT2D eigenvalue weighted by Gasteiger charge is 2.43. The lowest BCUT2D eigenvalue weighted by atomic mass is 9.96. The van der Waals surface area contributed by atoms with E-state index in [-0.39, 0.29) is 29.2 Å². The fraction of sp³-hybridized carbons (Fsp3) is 0.179. The predicted octanol–water partition coefficient (Wildman–Crippen LogP) is 5.60. The van der Waals surface area contributed by atoms with E-state index in [4.69, 9.17) is 20.8 Å². The second-order valence-corrected chi connectivity index (χ2v) is 9.05. The number of benzene rings is 3. The summed E-state index contributed by atoms with van der Waals surface area (Å²) >= 11 is 6.40. The Morgan fingerprint density at radius 3 is 2.40 bits per heavy atom. The summed E-state index contributed by atoms with van der Waals surface area (Å²) in [6.07, 6.45) is 0. The summed E-state index contributed by atoms with van der Waals surface area (Å²) in [6.45, 7) is 4.04. The second-order valence-electron chi connectivity index (χ2n) is 8.65. The van der Waals surface area contributed by atoms with Gasteiger partial charge in [0.15, 0.2) is 5.43 Å². The largest absolute Gasteiger partial charge is 0.465 e. The van der Waals surface area contributed by atoms with Crippen LogP contribution in [0.3, 0.4) is 0 Å². The van der Waals surface area contributed by atoms with E-state index < -0.39 is 12.0 Å². The van der Waals surface area contributed by atoms with E-state index in [0.29, 0.717) is 27.1 Å². The molecular formula is C28H22ClNO5. The van der Waals surface area contributed by atoms with Crippen LogP contribution in [-0.2, 0) is 11.3 Å². The molecule has 35 heavy (non-hydrogen) atoms. The van der Waals surface area contributed by atoms with Gasteiger partial charge in [-0.15, -0.1) is 0 Å². The molecule has 176 valence electrons. The van der Waals surface area contributed by atoms with Crippen LogP contribution in [-0.4, -0.2) is 23.9 Å². The number of hydrogen-bond donors (Lipinski definition) is 0. The van der Waals surface area contributed by atoms with E-state index in [1.54, 1.807) is 47.4 Å². The molecular weight excluding hydrogens is 466 g/mol. The van der Waals surface area contributed by atoms with Gasteiger partial charge >= 0.3 is 5.97 Å². The van der Waals surface area contributed by atoms with Gasteiger partial charge in [-0.2, -0.15) is 0 Å². The molecule has 1 aliphatic rings. The average molecular weight is 488 g/mol. The molecule has 1 atom stereocenters. The van der Waals surface area contributed by atoms with Gasteiger partial charge in [0.25, 0.3) is 5.91 Å². The van der Waals surface area contributed by atoms with E-state index in [2.05, 4.69) is 0 Å². The predicted molar refractivity (Wildman–Crippen MR) is 133 cm³/mol. The van der Waals surface area contributed by atoms with Crippen LogP contribution in [0, 0.1) is 13.8 Å². The monoisotopic (exact) mass is 487 g/mol. The van der Waals surface area contributed by atoms with Gasteiger partial charge in [0.2, 0.25) is 5.76 Å². The van der Waals surface area contributed by atoms with Crippen LogP contribution in [0.1, 0.15) is 54.8 Å². The molecule has 3 aromatic carbocycles. The van der Waals surface area contributed by atoms with Crippen molar-refractivity contribution < 1.29 is 18.7 Å². The summed E-state index contributed by atoms with van der Waals surface area (Å²) in [6, 6.07) is 16.8. The quantitative estimate of drug-likeness (QED) is 0.350. The molecule has 2 heterocycles. The molecule has 1 unspecified atom stereocenters. The molecule has 1 aliphatic heterocycles. The van der Waals surface area contributed by atoms with Crippen molar-refractivity contribution in [3.05, 3.63) is 115 Å². The van der Waals surface area contributed by atoms with E-state index >= 15 is 0 Å². The number of esters is 1. The molecule has 5 rings (SSSR count). The van der Waals surface area contributed by atoms with Gasteiger partial charge < -0.3 is 14.1 Å². The lowest BCUT2D eigenvalue weighted by Gasteiger charge is -2.25. The van der Waals surface area contributed by atoms with E-state index in [0.717, 1.165) is 16.7 Å². The van der Waals surface area contributed by atoms with E-state index in [9.17, 15) is 14.4 Å². The maximum absolute atomic E-state index is 13.8. The van der Waals surface area contributed by atoms with Crippen molar-refractivity contribution in [1.82, 2.24) is 4.90 Å². The van der Waals surface area contributed by atoms with Gasteiger partial charge in [-0.1, -0.05) is 41.9 Å². The standard InChI is InChI=1S/C28H22ClNO5/c1-15-12-20-22(13-16(15)2)35-26-23(25(20)31)24(17-8-10-18(11-9-17)28(33)34-3)30(27(26)32)14-19-6-4-5-7-21(19)29/h4-13,24H,14H2,1-3H3. The molecule has 0 bridgehead atoms. The number of carbonyl (C=O) groups excluding carboxylic acids is 2. The van der Waals surface area contributed by atoms with Crippen molar-refractivity contribution in [3.8, 4) is 0 Å². The van der Waals surface area contributed by atoms with Crippen molar-refractivity contribution in [2.45, 2.75) is 26.4 Å². The number of methoxy groups -OCH3 is 1. The Balaban J connectivity index is 1.72. The first-order valence-corrected chi connectivity index (χ1v) is 11.5. The first-order chi connectivity index (χ1) is 16.8. The number of hydrogen-bond acceptors (Lipinski definition) is 5. The Bertz CT molecular complexity index is 1550. The minimum atomic E-state index is -0.706. The molecule has 0 aliphatic carbocycles. The number of nitrogens with zero attached hydrogens (tertiary/aromatic N) is 1. The summed E-state index contributed by atoms with van der Waals surface area (Å²) in [5.41, 5.74) is 4.13. The van der Waals surface area contributed by atoms with Crippen molar-refractivity contribution in [1.29, 1.82) is 0 Å². The topological polar surface area (TPSA) is 76.8 Å². The maximum atomic E-state index is 13.8. The van der Waals surface area contributed by atoms with Crippen molar-refractivity contribution in [3.63, 3.8) is 0 Å². The SMILES string of the molecule is COC(=O)c1ccc(C2c3c(oc4cc(C)c(C)cc4c3=O)C(=O)N2Cc2ccccc2Cl)cc1. The Morgan fingerprint density at radius 2 is 1.71 bits per heavy atom. The molecule has 6 nitrogen and oxygen atoms in total. The third kappa shape index (κ3) is 3.80. The minimum Gasteiger partial charge on any atom is -0.465 e. The summed E-state index contributed by atoms with van der Waals surface area (Å²) < 4.78 is 10.9. The summed E-state index contributed by atoms with van der Waals surface area (Å²) in [5.74, 6) is -0.831. The van der Waals surface area contributed by atoms with Crippen LogP contribution in [0.2, 0.25) is 5.02 Å². The number of rotatable bonds is 4. The molecule has 0 saturated heterocycles. The number of fused-ring (bicyclic) bond motifs is 2. The van der Waals surface area contributed by atoms with E-state index in [1.807, 2.05) is 32.0 Å². The number of halogens is 1. The number of amides is 1. The van der Waals surface area contributed by atoms with Crippen LogP contribution >= 0.6 is 11.6 Å². The molecule has 1 amide bonds. The molecule has 1 aromatic heterocycles. The average Bonchev–Trinajstić information content (AvgIpc) is 3.13. The highest BCUT2D eigenvalue weighted by molar-refractivity contribution is 6.31. The molecule has 0 spiro atoms. The smallest absolute Gasteiger partial charge is 0.337 e. The molecule has 0 fully saturated rings. The highest BCUT2D eigenvalue weighted by atomic mass is 35.5. The first kappa shape index (κ1) is 22.9. The lowest BCUT2D eigenvalue weighted by molar-refractivity contribution is 0.0599. The fourth-order valence-electron chi connectivity index (χ4n) is 4.51. The van der Waals surface area contributed by atoms with E-state index in [1.165, 1.54) is 7.11 Å². The number of aryl methyl sites for hydroxylation is 2. The molecule has 7 heteroatoms. The van der Waals surface area contributed by atoms with Gasteiger partial charge in [0.05, 0.1) is 29.7 Å². The molecule has 0 radical (unpaired) electrons. The molecule has 0 saturated carbocycles. The zero-order valence-corrected chi connectivity index (χ0v) is 20.2. The molecule has 4 aromatic rings. The lowest BCUT2D eigenvalue weighted by Crippen LogP contribution is -2.29. The number of ether oxygens (including phenoxy) is 1. The van der Waals surface area contributed by atoms with Gasteiger partial charge in [0.1, 0.15) is 5.58 Å². The van der Waals surface area contributed by atoms with Gasteiger partial charge in [-0.05, 0) is 66.4 Å². The normalized spacial score (nSPS) is 14.9. The zero-order valence-electron chi connectivity index (χ0n) is 19.4. The van der Waals surface area contributed by atoms with Crippen LogP contribution in [0.25, 0.3) is 11.0 Å².